The van der Waals surface area contributed by atoms with Crippen molar-refractivity contribution in [2.75, 3.05) is 5.32 Å². The van der Waals surface area contributed by atoms with Crippen molar-refractivity contribution in [1.82, 2.24) is 5.32 Å². The lowest BCUT2D eigenvalue weighted by Crippen LogP contribution is -2.34. The second kappa shape index (κ2) is 9.10. The predicted octanol–water partition coefficient (Wildman–Crippen LogP) is 3.04. The molecule has 6 heteroatoms. The molecule has 1 aliphatic carbocycles. The maximum absolute atomic E-state index is 12.0. The molecular formula is C20H23N3O2S. The standard InChI is InChI=1S/C18H18N2OS.C2H5NO/c1-12-9-14-7-8-16(11-15(14)10-12)19-18(22)20-17(21)13-5-3-2-4-6-13;1-2(3)4/h2-8,11-12H,9-10H2,1H3,(H2,19,20,21,22);1H3,(H2,3,4). The van der Waals surface area contributed by atoms with Gasteiger partial charge in [-0.2, -0.15) is 0 Å². The van der Waals surface area contributed by atoms with Crippen LogP contribution in [0, 0.1) is 5.92 Å². The Hall–Kier alpha value is -2.73. The largest absolute Gasteiger partial charge is 0.370 e. The van der Waals surface area contributed by atoms with Crippen molar-refractivity contribution < 1.29 is 9.59 Å². The summed E-state index contributed by atoms with van der Waals surface area (Å²) in [7, 11) is 0. The molecule has 136 valence electrons. The molecule has 0 fully saturated rings. The summed E-state index contributed by atoms with van der Waals surface area (Å²) in [4.78, 5) is 21.3. The number of primary amides is 1. The van der Waals surface area contributed by atoms with E-state index in [1.807, 2.05) is 24.3 Å². The highest BCUT2D eigenvalue weighted by atomic mass is 32.1. The van der Waals surface area contributed by atoms with E-state index in [1.54, 1.807) is 12.1 Å². The zero-order valence-electron chi connectivity index (χ0n) is 14.9. The third kappa shape index (κ3) is 5.97. The van der Waals surface area contributed by atoms with E-state index in [0.717, 1.165) is 18.5 Å². The molecule has 0 saturated heterocycles. The molecule has 0 radical (unpaired) electrons. The van der Waals surface area contributed by atoms with Crippen LogP contribution in [0.2, 0.25) is 0 Å². The molecule has 0 heterocycles. The van der Waals surface area contributed by atoms with E-state index < -0.39 is 0 Å². The lowest BCUT2D eigenvalue weighted by molar-refractivity contribution is -0.115. The van der Waals surface area contributed by atoms with E-state index in [4.69, 9.17) is 12.2 Å². The van der Waals surface area contributed by atoms with Gasteiger partial charge in [0, 0.05) is 18.2 Å². The summed E-state index contributed by atoms with van der Waals surface area (Å²) in [5.74, 6) is 0.169. The van der Waals surface area contributed by atoms with E-state index in [0.29, 0.717) is 16.6 Å². The Kier molecular flexibility index (Phi) is 6.86. The van der Waals surface area contributed by atoms with Crippen LogP contribution in [-0.2, 0) is 17.6 Å². The minimum absolute atomic E-state index is 0.201. The van der Waals surface area contributed by atoms with Crippen LogP contribution in [0.3, 0.4) is 0 Å². The number of rotatable bonds is 2. The summed E-state index contributed by atoms with van der Waals surface area (Å²) in [5, 5.41) is 6.11. The molecule has 1 unspecified atom stereocenters. The van der Waals surface area contributed by atoms with Crippen LogP contribution >= 0.6 is 12.2 Å². The molecule has 2 aromatic carbocycles. The van der Waals surface area contributed by atoms with Gasteiger partial charge in [0.05, 0.1) is 0 Å². The van der Waals surface area contributed by atoms with Gasteiger partial charge in [-0.05, 0) is 66.4 Å². The van der Waals surface area contributed by atoms with E-state index in [-0.39, 0.29) is 11.8 Å². The number of nitrogens with two attached hydrogens (primary N) is 1. The number of hydrogen-bond donors (Lipinski definition) is 3. The maximum atomic E-state index is 12.0. The Bertz CT molecular complexity index is 802. The number of hydrogen-bond acceptors (Lipinski definition) is 3. The van der Waals surface area contributed by atoms with Gasteiger partial charge in [-0.1, -0.05) is 31.2 Å². The summed E-state index contributed by atoms with van der Waals surface area (Å²) >= 11 is 5.22. The topological polar surface area (TPSA) is 84.2 Å². The molecule has 2 aromatic rings. The minimum atomic E-state index is -0.333. The molecular weight excluding hydrogens is 346 g/mol. The van der Waals surface area contributed by atoms with Crippen LogP contribution in [0.1, 0.15) is 35.3 Å². The molecule has 26 heavy (non-hydrogen) atoms. The fraction of sp³-hybridized carbons (Fsp3) is 0.250. The van der Waals surface area contributed by atoms with Crippen molar-refractivity contribution >= 4 is 34.8 Å². The summed E-state index contributed by atoms with van der Waals surface area (Å²) in [5.41, 5.74) is 8.77. The number of amides is 2. The number of fused-ring (bicyclic) bond motifs is 1. The number of nitrogens with one attached hydrogen (secondary N) is 2. The maximum Gasteiger partial charge on any atom is 0.257 e. The molecule has 1 atom stereocenters. The third-order valence-electron chi connectivity index (χ3n) is 3.86. The van der Waals surface area contributed by atoms with Gasteiger partial charge in [0.2, 0.25) is 5.91 Å². The normalized spacial score (nSPS) is 14.5. The van der Waals surface area contributed by atoms with E-state index in [2.05, 4.69) is 35.4 Å². The molecule has 0 aliphatic heterocycles. The van der Waals surface area contributed by atoms with Crippen LogP contribution in [0.5, 0.6) is 0 Å². The molecule has 1 aliphatic rings. The number of carbonyl (C=O) groups is 2. The molecule has 0 bridgehead atoms. The third-order valence-corrected chi connectivity index (χ3v) is 4.07. The number of carbonyl (C=O) groups excluding carboxylic acids is 2. The lowest BCUT2D eigenvalue weighted by atomic mass is 10.1. The van der Waals surface area contributed by atoms with Gasteiger partial charge in [0.15, 0.2) is 5.11 Å². The Balaban J connectivity index is 0.000000552. The highest BCUT2D eigenvalue weighted by molar-refractivity contribution is 7.80. The minimum Gasteiger partial charge on any atom is -0.370 e. The van der Waals surface area contributed by atoms with Crippen molar-refractivity contribution in [2.24, 2.45) is 11.7 Å². The Morgan fingerprint density at radius 2 is 1.69 bits per heavy atom. The van der Waals surface area contributed by atoms with Gasteiger partial charge in [-0.25, -0.2) is 0 Å². The van der Waals surface area contributed by atoms with Crippen LogP contribution in [-0.4, -0.2) is 16.9 Å². The summed E-state index contributed by atoms with van der Waals surface area (Å²) in [6.45, 7) is 3.57. The van der Waals surface area contributed by atoms with Gasteiger partial charge in [-0.15, -0.1) is 0 Å². The summed E-state index contributed by atoms with van der Waals surface area (Å²) in [6.07, 6.45) is 2.25. The second-order valence-electron chi connectivity index (χ2n) is 6.38. The molecule has 3 rings (SSSR count). The van der Waals surface area contributed by atoms with Gasteiger partial charge >= 0.3 is 0 Å². The van der Waals surface area contributed by atoms with Crippen LogP contribution in [0.4, 0.5) is 5.69 Å². The molecule has 0 aromatic heterocycles. The van der Waals surface area contributed by atoms with Crippen LogP contribution in [0.25, 0.3) is 0 Å². The first-order chi connectivity index (χ1) is 12.3. The fourth-order valence-corrected chi connectivity index (χ4v) is 3.05. The Labute approximate surface area is 159 Å². The molecule has 0 spiro atoms. The number of anilines is 1. The highest BCUT2D eigenvalue weighted by Gasteiger charge is 2.17. The predicted molar refractivity (Wildman–Crippen MR) is 108 cm³/mol. The summed E-state index contributed by atoms with van der Waals surface area (Å²) < 4.78 is 0. The first-order valence-electron chi connectivity index (χ1n) is 8.40. The lowest BCUT2D eigenvalue weighted by Gasteiger charge is -2.11. The quantitative estimate of drug-likeness (QED) is 0.711. The number of thiocarbonyl (C=S) groups is 1. The zero-order chi connectivity index (χ0) is 19.1. The van der Waals surface area contributed by atoms with Crippen molar-refractivity contribution in [2.45, 2.75) is 26.7 Å². The smallest absolute Gasteiger partial charge is 0.257 e. The van der Waals surface area contributed by atoms with Gasteiger partial charge in [-0.3, -0.25) is 14.9 Å². The summed E-state index contributed by atoms with van der Waals surface area (Å²) in [6, 6.07) is 15.3. The second-order valence-corrected chi connectivity index (χ2v) is 6.79. The van der Waals surface area contributed by atoms with E-state index in [9.17, 15) is 9.59 Å². The Morgan fingerprint density at radius 1 is 1.08 bits per heavy atom. The van der Waals surface area contributed by atoms with Gasteiger partial charge < -0.3 is 11.1 Å². The molecule has 0 saturated carbocycles. The molecule has 5 nitrogen and oxygen atoms in total. The average Bonchev–Trinajstić information content (AvgIpc) is 2.94. The SMILES string of the molecule is CC(N)=O.CC1Cc2ccc(NC(=S)NC(=O)c3ccccc3)cc2C1. The van der Waals surface area contributed by atoms with Crippen LogP contribution in [0.15, 0.2) is 48.5 Å². The average molecular weight is 369 g/mol. The van der Waals surface area contributed by atoms with E-state index >= 15 is 0 Å². The van der Waals surface area contributed by atoms with Gasteiger partial charge in [0.25, 0.3) is 5.91 Å². The van der Waals surface area contributed by atoms with Crippen molar-refractivity contribution in [3.8, 4) is 0 Å². The Morgan fingerprint density at radius 3 is 2.35 bits per heavy atom. The monoisotopic (exact) mass is 369 g/mol. The first kappa shape index (κ1) is 19.6. The van der Waals surface area contributed by atoms with Crippen LogP contribution < -0.4 is 16.4 Å². The van der Waals surface area contributed by atoms with Crippen molar-refractivity contribution in [1.29, 1.82) is 0 Å². The van der Waals surface area contributed by atoms with E-state index in [1.165, 1.54) is 18.1 Å². The first-order valence-corrected chi connectivity index (χ1v) is 8.81. The van der Waals surface area contributed by atoms with Gasteiger partial charge in [0.1, 0.15) is 0 Å². The molecule has 2 amide bonds. The fourth-order valence-electron chi connectivity index (χ4n) is 2.84. The molecule has 4 N–H and O–H groups in total. The van der Waals surface area contributed by atoms with Crippen molar-refractivity contribution in [3.05, 3.63) is 65.2 Å². The highest BCUT2D eigenvalue weighted by Crippen LogP contribution is 2.28. The number of benzene rings is 2. The van der Waals surface area contributed by atoms with Crippen molar-refractivity contribution in [3.63, 3.8) is 0 Å². The zero-order valence-corrected chi connectivity index (χ0v) is 15.7.